The van der Waals surface area contributed by atoms with E-state index in [1.54, 1.807) is 18.9 Å². The predicted octanol–water partition coefficient (Wildman–Crippen LogP) is 1.71. The molecule has 1 aromatic rings. The van der Waals surface area contributed by atoms with Gasteiger partial charge in [0.15, 0.2) is 0 Å². The molecule has 20 heavy (non-hydrogen) atoms. The van der Waals surface area contributed by atoms with Crippen LogP contribution in [0, 0.1) is 12.8 Å². The maximum absolute atomic E-state index is 12.4. The van der Waals surface area contributed by atoms with Crippen LogP contribution in [0.25, 0.3) is 0 Å². The fourth-order valence-electron chi connectivity index (χ4n) is 2.18. The number of aliphatic carboxylic acids is 1. The molecule has 1 aliphatic rings. The molecule has 2 atom stereocenters. The number of aromatic nitrogens is 1. The van der Waals surface area contributed by atoms with Gasteiger partial charge < -0.3 is 14.7 Å². The number of ether oxygens (including phenoxy) is 1. The Balaban J connectivity index is 2.14. The summed E-state index contributed by atoms with van der Waals surface area (Å²) in [6.07, 6.45) is 0.367. The fraction of sp³-hybridized carbons (Fsp3) is 0.615. The topological polar surface area (TPSA) is 79.7 Å². The smallest absolute Gasteiger partial charge is 0.308 e. The van der Waals surface area contributed by atoms with Crippen molar-refractivity contribution in [3.05, 3.63) is 15.6 Å². The van der Waals surface area contributed by atoms with Crippen LogP contribution in [0.4, 0.5) is 0 Å². The van der Waals surface area contributed by atoms with E-state index in [-0.39, 0.29) is 18.6 Å². The molecule has 1 N–H and O–H groups in total. The Labute approximate surface area is 121 Å². The first-order valence-electron chi connectivity index (χ1n) is 6.46. The third kappa shape index (κ3) is 2.83. The highest BCUT2D eigenvalue weighted by atomic mass is 32.1. The van der Waals surface area contributed by atoms with Crippen LogP contribution in [0.15, 0.2) is 0 Å². The molecule has 1 saturated heterocycles. The van der Waals surface area contributed by atoms with Gasteiger partial charge >= 0.3 is 5.97 Å². The summed E-state index contributed by atoms with van der Waals surface area (Å²) < 4.78 is 5.20. The lowest BCUT2D eigenvalue weighted by Gasteiger charge is -2.14. The van der Waals surface area contributed by atoms with E-state index in [0.29, 0.717) is 23.5 Å². The number of nitrogens with zero attached hydrogens (tertiary/aromatic N) is 2. The Morgan fingerprint density at radius 1 is 1.55 bits per heavy atom. The molecule has 0 aromatic carbocycles. The van der Waals surface area contributed by atoms with Crippen LogP contribution >= 0.6 is 11.3 Å². The van der Waals surface area contributed by atoms with Crippen molar-refractivity contribution in [3.63, 3.8) is 0 Å². The Morgan fingerprint density at radius 2 is 2.25 bits per heavy atom. The largest absolute Gasteiger partial charge is 0.481 e. The van der Waals surface area contributed by atoms with Crippen molar-refractivity contribution in [1.82, 2.24) is 9.88 Å². The number of carbonyl (C=O) groups is 2. The first kappa shape index (κ1) is 14.9. The van der Waals surface area contributed by atoms with E-state index < -0.39 is 11.9 Å². The number of aryl methyl sites for hydroxylation is 1. The molecule has 6 nitrogen and oxygen atoms in total. The van der Waals surface area contributed by atoms with Crippen LogP contribution in [0.3, 0.4) is 0 Å². The number of carboxylic acids is 1. The van der Waals surface area contributed by atoms with Crippen LogP contribution in [-0.2, 0) is 9.53 Å². The van der Waals surface area contributed by atoms with Crippen molar-refractivity contribution in [2.75, 3.05) is 20.2 Å². The van der Waals surface area contributed by atoms with Gasteiger partial charge in [-0.1, -0.05) is 0 Å². The van der Waals surface area contributed by atoms with Gasteiger partial charge in [0.05, 0.1) is 11.6 Å². The molecule has 1 aliphatic heterocycles. The zero-order valence-electron chi connectivity index (χ0n) is 11.8. The minimum atomic E-state index is -0.838. The van der Waals surface area contributed by atoms with E-state index in [1.807, 2.05) is 6.92 Å². The van der Waals surface area contributed by atoms with E-state index in [4.69, 9.17) is 9.84 Å². The van der Waals surface area contributed by atoms with Gasteiger partial charge in [-0.05, 0) is 20.3 Å². The Hall–Kier alpha value is -1.47. The molecule has 1 amide bonds. The lowest BCUT2D eigenvalue weighted by atomic mass is 10.1. The van der Waals surface area contributed by atoms with Gasteiger partial charge in [-0.25, -0.2) is 4.98 Å². The molecule has 0 radical (unpaired) electrons. The number of thiazole rings is 1. The molecule has 1 aromatic heterocycles. The summed E-state index contributed by atoms with van der Waals surface area (Å²) in [5.41, 5.74) is 0.678. The third-order valence-corrected chi connectivity index (χ3v) is 4.84. The first-order chi connectivity index (χ1) is 9.43. The number of amides is 1. The van der Waals surface area contributed by atoms with Crippen molar-refractivity contribution in [2.24, 2.45) is 5.92 Å². The SMILES string of the molecule is COC(C)c1nc(C)c(C(=O)N2CCC(C(=O)O)C2)s1. The van der Waals surface area contributed by atoms with Crippen LogP contribution in [0.2, 0.25) is 0 Å². The molecule has 110 valence electrons. The van der Waals surface area contributed by atoms with Crippen LogP contribution in [0.1, 0.15) is 39.8 Å². The van der Waals surface area contributed by atoms with Gasteiger partial charge in [0.25, 0.3) is 5.91 Å². The van der Waals surface area contributed by atoms with Gasteiger partial charge in [0, 0.05) is 20.2 Å². The second kappa shape index (κ2) is 5.88. The lowest BCUT2D eigenvalue weighted by Crippen LogP contribution is -2.29. The first-order valence-corrected chi connectivity index (χ1v) is 7.28. The summed E-state index contributed by atoms with van der Waals surface area (Å²) in [4.78, 5) is 29.9. The average molecular weight is 298 g/mol. The van der Waals surface area contributed by atoms with E-state index in [0.717, 1.165) is 5.01 Å². The minimum absolute atomic E-state index is 0.127. The van der Waals surface area contributed by atoms with Crippen molar-refractivity contribution < 1.29 is 19.4 Å². The highest BCUT2D eigenvalue weighted by Gasteiger charge is 2.33. The van der Waals surface area contributed by atoms with Crippen molar-refractivity contribution in [2.45, 2.75) is 26.4 Å². The molecule has 0 bridgehead atoms. The fourth-order valence-corrected chi connectivity index (χ4v) is 3.24. The number of hydrogen-bond acceptors (Lipinski definition) is 5. The monoisotopic (exact) mass is 298 g/mol. The second-order valence-corrected chi connectivity index (χ2v) is 5.95. The normalized spacial score (nSPS) is 20.1. The summed E-state index contributed by atoms with van der Waals surface area (Å²) in [5.74, 6) is -1.42. The number of likely N-dealkylation sites (tertiary alicyclic amines) is 1. The second-order valence-electron chi connectivity index (χ2n) is 4.92. The molecule has 7 heteroatoms. The number of carbonyl (C=O) groups excluding carboxylic acids is 1. The summed E-state index contributed by atoms with van der Waals surface area (Å²) in [7, 11) is 1.60. The van der Waals surface area contributed by atoms with Crippen molar-refractivity contribution >= 4 is 23.2 Å². The number of hydrogen-bond donors (Lipinski definition) is 1. The predicted molar refractivity (Wildman–Crippen MR) is 73.9 cm³/mol. The summed E-state index contributed by atoms with van der Waals surface area (Å²) in [6.45, 7) is 4.44. The minimum Gasteiger partial charge on any atom is -0.481 e. The van der Waals surface area contributed by atoms with E-state index in [2.05, 4.69) is 4.98 Å². The Morgan fingerprint density at radius 3 is 2.80 bits per heavy atom. The highest BCUT2D eigenvalue weighted by molar-refractivity contribution is 7.13. The molecule has 0 aliphatic carbocycles. The van der Waals surface area contributed by atoms with E-state index >= 15 is 0 Å². The highest BCUT2D eigenvalue weighted by Crippen LogP contribution is 2.28. The van der Waals surface area contributed by atoms with Gasteiger partial charge in [-0.15, -0.1) is 11.3 Å². The summed E-state index contributed by atoms with van der Waals surface area (Å²) in [5, 5.41) is 9.75. The third-order valence-electron chi connectivity index (χ3n) is 3.53. The van der Waals surface area contributed by atoms with Crippen LogP contribution < -0.4 is 0 Å². The molecular formula is C13H18N2O4S. The lowest BCUT2D eigenvalue weighted by molar-refractivity contribution is -0.141. The van der Waals surface area contributed by atoms with Crippen molar-refractivity contribution in [1.29, 1.82) is 0 Å². The van der Waals surface area contributed by atoms with E-state index in [9.17, 15) is 9.59 Å². The van der Waals surface area contributed by atoms with E-state index in [1.165, 1.54) is 11.3 Å². The molecule has 0 spiro atoms. The van der Waals surface area contributed by atoms with Crippen LogP contribution in [-0.4, -0.2) is 47.1 Å². The number of methoxy groups -OCH3 is 1. The van der Waals surface area contributed by atoms with Crippen LogP contribution in [0.5, 0.6) is 0 Å². The van der Waals surface area contributed by atoms with Gasteiger partial charge in [0.2, 0.25) is 0 Å². The molecule has 0 saturated carbocycles. The number of carboxylic acid groups (broad SMARTS) is 1. The van der Waals surface area contributed by atoms with Gasteiger partial charge in [0.1, 0.15) is 16.0 Å². The van der Waals surface area contributed by atoms with Gasteiger partial charge in [-0.2, -0.15) is 0 Å². The summed E-state index contributed by atoms with van der Waals surface area (Å²) in [6, 6.07) is 0. The molecule has 2 rings (SSSR count). The van der Waals surface area contributed by atoms with Crippen molar-refractivity contribution in [3.8, 4) is 0 Å². The molecular weight excluding hydrogens is 280 g/mol. The Kier molecular flexibility index (Phi) is 4.39. The standard InChI is InChI=1S/C13H18N2O4S/c1-7-10(20-11(14-7)8(2)19-3)12(16)15-5-4-9(6-15)13(17)18/h8-9H,4-6H2,1-3H3,(H,17,18). The zero-order valence-corrected chi connectivity index (χ0v) is 12.6. The number of rotatable bonds is 4. The molecule has 2 unspecified atom stereocenters. The quantitative estimate of drug-likeness (QED) is 0.915. The molecule has 1 fully saturated rings. The van der Waals surface area contributed by atoms with Gasteiger partial charge in [-0.3, -0.25) is 9.59 Å². The average Bonchev–Trinajstić information content (AvgIpc) is 3.03. The maximum atomic E-state index is 12.4. The zero-order chi connectivity index (χ0) is 14.9. The maximum Gasteiger partial charge on any atom is 0.308 e. The summed E-state index contributed by atoms with van der Waals surface area (Å²) >= 11 is 1.32. The molecule has 2 heterocycles. The Bertz CT molecular complexity index is 528.